The van der Waals surface area contributed by atoms with Crippen LogP contribution in [-0.2, 0) is 19.7 Å². The number of aliphatic hydroxyl groups excluding tert-OH is 1. The fourth-order valence-electron chi connectivity index (χ4n) is 1.32. The molecular formula is C12H24O8S. The maximum atomic E-state index is 10.2. The molecule has 0 aromatic carbocycles. The fourth-order valence-corrected chi connectivity index (χ4v) is 1.93. The zero-order chi connectivity index (χ0) is 17.1. The largest absolute Gasteiger partial charge is 0.481 e. The van der Waals surface area contributed by atoms with Crippen molar-refractivity contribution in [2.75, 3.05) is 6.61 Å². The molecule has 21 heavy (non-hydrogen) atoms. The van der Waals surface area contributed by atoms with Crippen LogP contribution in [0.3, 0.4) is 0 Å². The molecule has 0 aliphatic heterocycles. The minimum Gasteiger partial charge on any atom is -0.481 e. The molecule has 0 amide bonds. The van der Waals surface area contributed by atoms with E-state index in [0.717, 1.165) is 12.3 Å². The van der Waals surface area contributed by atoms with Crippen LogP contribution >= 0.6 is 0 Å². The van der Waals surface area contributed by atoms with Crippen LogP contribution < -0.4 is 0 Å². The molecule has 0 aromatic rings. The number of hydrogen-bond donors (Lipinski definition) is 4. The van der Waals surface area contributed by atoms with E-state index in [0.29, 0.717) is 6.61 Å². The molecule has 0 saturated heterocycles. The molecule has 0 aliphatic rings. The summed E-state index contributed by atoms with van der Waals surface area (Å²) >= 11 is 0. The van der Waals surface area contributed by atoms with Gasteiger partial charge in [-0.2, -0.15) is 8.42 Å². The SMILES string of the molecule is CC(C)CCCCCO.O=C(O)CC(C(=O)O)S(=O)(=O)O. The van der Waals surface area contributed by atoms with Gasteiger partial charge >= 0.3 is 11.9 Å². The Hall–Kier alpha value is -1.19. The topological polar surface area (TPSA) is 149 Å². The minimum absolute atomic E-state index is 0.359. The van der Waals surface area contributed by atoms with E-state index >= 15 is 0 Å². The number of aliphatic hydroxyl groups is 1. The average Bonchev–Trinajstić information content (AvgIpc) is 2.30. The third kappa shape index (κ3) is 15.0. The van der Waals surface area contributed by atoms with E-state index in [1.807, 2.05) is 0 Å². The van der Waals surface area contributed by atoms with Gasteiger partial charge in [-0.3, -0.25) is 14.1 Å². The Bertz CT molecular complexity index is 401. The number of carboxylic acids is 2. The molecule has 8 nitrogen and oxygen atoms in total. The summed E-state index contributed by atoms with van der Waals surface area (Å²) in [6, 6.07) is 0. The van der Waals surface area contributed by atoms with Gasteiger partial charge < -0.3 is 15.3 Å². The lowest BCUT2D eigenvalue weighted by molar-refractivity contribution is -0.143. The Morgan fingerprint density at radius 1 is 1.05 bits per heavy atom. The van der Waals surface area contributed by atoms with E-state index in [1.54, 1.807) is 0 Å². The lowest BCUT2D eigenvalue weighted by Gasteiger charge is -2.04. The van der Waals surface area contributed by atoms with Gasteiger partial charge in [0.1, 0.15) is 0 Å². The zero-order valence-corrected chi connectivity index (χ0v) is 13.0. The van der Waals surface area contributed by atoms with E-state index in [4.69, 9.17) is 19.9 Å². The summed E-state index contributed by atoms with van der Waals surface area (Å²) in [6.45, 7) is 4.83. The number of unbranched alkanes of at least 4 members (excludes halogenated alkanes) is 2. The van der Waals surface area contributed by atoms with Gasteiger partial charge in [-0.15, -0.1) is 0 Å². The quantitative estimate of drug-likeness (QED) is 0.361. The predicted molar refractivity (Wildman–Crippen MR) is 75.6 cm³/mol. The Morgan fingerprint density at radius 3 is 1.81 bits per heavy atom. The van der Waals surface area contributed by atoms with Crippen molar-refractivity contribution < 1.29 is 37.9 Å². The minimum atomic E-state index is -4.84. The molecule has 4 N–H and O–H groups in total. The summed E-state index contributed by atoms with van der Waals surface area (Å²) in [5.74, 6) is -2.68. The van der Waals surface area contributed by atoms with Crippen LogP contribution in [0.4, 0.5) is 0 Å². The molecule has 0 bridgehead atoms. The highest BCUT2D eigenvalue weighted by Gasteiger charge is 2.33. The number of carbonyl (C=O) groups is 2. The van der Waals surface area contributed by atoms with Crippen LogP contribution in [0, 0.1) is 5.92 Å². The molecule has 0 saturated carbocycles. The number of hydrogen-bond acceptors (Lipinski definition) is 5. The highest BCUT2D eigenvalue weighted by Crippen LogP contribution is 2.07. The first-order valence-corrected chi connectivity index (χ1v) is 8.04. The van der Waals surface area contributed by atoms with Gasteiger partial charge in [0.15, 0.2) is 5.25 Å². The Kier molecular flexibility index (Phi) is 12.1. The summed E-state index contributed by atoms with van der Waals surface area (Å²) in [5, 5.41) is 22.3. The maximum absolute atomic E-state index is 10.2. The molecule has 0 rings (SSSR count). The maximum Gasteiger partial charge on any atom is 0.325 e. The highest BCUT2D eigenvalue weighted by molar-refractivity contribution is 7.87. The standard InChI is InChI=1S/C8H18O.C4H6O7S/c1-8(2)6-4-3-5-7-9;5-3(6)1-2(4(7)8)12(9,10)11/h8-9H,3-7H2,1-2H3;2H,1H2,(H,5,6)(H,7,8)(H,9,10,11). The van der Waals surface area contributed by atoms with Crippen LogP contribution in [0.5, 0.6) is 0 Å². The second-order valence-corrected chi connectivity index (χ2v) is 6.51. The van der Waals surface area contributed by atoms with Crippen LogP contribution in [0.2, 0.25) is 0 Å². The van der Waals surface area contributed by atoms with Gasteiger partial charge in [-0.05, 0) is 12.3 Å². The summed E-state index contributed by atoms with van der Waals surface area (Å²) < 4.78 is 28.7. The third-order valence-electron chi connectivity index (χ3n) is 2.43. The van der Waals surface area contributed by atoms with E-state index < -0.39 is 33.7 Å². The van der Waals surface area contributed by atoms with Gasteiger partial charge in [0.2, 0.25) is 0 Å². The molecule has 1 atom stereocenters. The number of rotatable bonds is 9. The van der Waals surface area contributed by atoms with Crippen molar-refractivity contribution in [2.45, 2.75) is 51.2 Å². The van der Waals surface area contributed by atoms with Crippen molar-refractivity contribution >= 4 is 22.1 Å². The Labute approximate surface area is 124 Å². The first-order chi connectivity index (χ1) is 9.52. The van der Waals surface area contributed by atoms with Gasteiger partial charge in [-0.25, -0.2) is 0 Å². The monoisotopic (exact) mass is 328 g/mol. The zero-order valence-electron chi connectivity index (χ0n) is 12.2. The molecule has 126 valence electrons. The second-order valence-electron chi connectivity index (χ2n) is 4.91. The van der Waals surface area contributed by atoms with E-state index in [-0.39, 0.29) is 0 Å². The summed E-state index contributed by atoms with van der Waals surface area (Å²) in [7, 11) is -4.84. The molecule has 0 aromatic heterocycles. The molecule has 1 unspecified atom stereocenters. The highest BCUT2D eigenvalue weighted by atomic mass is 32.2. The van der Waals surface area contributed by atoms with Crippen LogP contribution in [-0.4, -0.2) is 52.1 Å². The van der Waals surface area contributed by atoms with Crippen molar-refractivity contribution in [3.8, 4) is 0 Å². The van der Waals surface area contributed by atoms with Crippen molar-refractivity contribution in [3.05, 3.63) is 0 Å². The van der Waals surface area contributed by atoms with Crippen LogP contribution in [0.1, 0.15) is 46.0 Å². The van der Waals surface area contributed by atoms with Gasteiger partial charge in [0, 0.05) is 6.61 Å². The first-order valence-electron chi connectivity index (χ1n) is 6.54. The smallest absolute Gasteiger partial charge is 0.325 e. The lowest BCUT2D eigenvalue weighted by atomic mass is 10.1. The predicted octanol–water partition coefficient (Wildman–Crippen LogP) is 0.997. The molecule has 0 radical (unpaired) electrons. The van der Waals surface area contributed by atoms with Crippen LogP contribution in [0.25, 0.3) is 0 Å². The van der Waals surface area contributed by atoms with Gasteiger partial charge in [-0.1, -0.05) is 33.1 Å². The Morgan fingerprint density at radius 2 is 1.57 bits per heavy atom. The summed E-state index contributed by atoms with van der Waals surface area (Å²) in [5.41, 5.74) is 0. The average molecular weight is 328 g/mol. The first kappa shape index (κ1) is 22.1. The summed E-state index contributed by atoms with van der Waals surface area (Å²) in [6.07, 6.45) is 3.59. The van der Waals surface area contributed by atoms with Crippen molar-refractivity contribution in [1.82, 2.24) is 0 Å². The third-order valence-corrected chi connectivity index (χ3v) is 3.52. The van der Waals surface area contributed by atoms with Crippen LogP contribution in [0.15, 0.2) is 0 Å². The molecule has 0 aliphatic carbocycles. The van der Waals surface area contributed by atoms with E-state index in [9.17, 15) is 18.0 Å². The fraction of sp³-hybridized carbons (Fsp3) is 0.833. The van der Waals surface area contributed by atoms with Gasteiger partial charge in [0.05, 0.1) is 6.42 Å². The molecule has 0 heterocycles. The second kappa shape index (κ2) is 11.5. The van der Waals surface area contributed by atoms with Crippen molar-refractivity contribution in [3.63, 3.8) is 0 Å². The van der Waals surface area contributed by atoms with Gasteiger partial charge in [0.25, 0.3) is 10.1 Å². The van der Waals surface area contributed by atoms with E-state index in [1.165, 1.54) is 19.3 Å². The number of aliphatic carboxylic acids is 2. The number of carboxylic acid groups (broad SMARTS) is 2. The molecule has 9 heteroatoms. The van der Waals surface area contributed by atoms with Crippen molar-refractivity contribution in [2.24, 2.45) is 5.92 Å². The summed E-state index contributed by atoms with van der Waals surface area (Å²) in [4.78, 5) is 20.0. The van der Waals surface area contributed by atoms with E-state index in [2.05, 4.69) is 13.8 Å². The molecular weight excluding hydrogens is 304 g/mol. The lowest BCUT2D eigenvalue weighted by Crippen LogP contribution is -2.31. The molecule has 0 fully saturated rings. The Balaban J connectivity index is 0. The molecule has 0 spiro atoms. The van der Waals surface area contributed by atoms with Crippen molar-refractivity contribution in [1.29, 1.82) is 0 Å². The normalized spacial score (nSPS) is 12.4.